The summed E-state index contributed by atoms with van der Waals surface area (Å²) in [5, 5.41) is 10.8. The van der Waals surface area contributed by atoms with Gasteiger partial charge in [0.25, 0.3) is 0 Å². The van der Waals surface area contributed by atoms with Gasteiger partial charge in [-0.3, -0.25) is 0 Å². The van der Waals surface area contributed by atoms with Gasteiger partial charge in [-0.25, -0.2) is 9.78 Å². The highest BCUT2D eigenvalue weighted by Crippen LogP contribution is 2.31. The first kappa shape index (κ1) is 19.5. The summed E-state index contributed by atoms with van der Waals surface area (Å²) < 4.78 is 7.33. The SMILES string of the molecule is Cc1cc(C(C)C)c2c(c1)cc(C(=O)O)n2Cc1cccc(N2CCOCC2)n1. The number of hydrogen-bond acceptors (Lipinski definition) is 4. The van der Waals surface area contributed by atoms with E-state index in [1.807, 2.05) is 22.8 Å². The number of hydrogen-bond donors (Lipinski definition) is 1. The van der Waals surface area contributed by atoms with Crippen LogP contribution in [0, 0.1) is 6.92 Å². The summed E-state index contributed by atoms with van der Waals surface area (Å²) in [6.07, 6.45) is 0. The number of ether oxygens (including phenoxy) is 1. The summed E-state index contributed by atoms with van der Waals surface area (Å²) >= 11 is 0. The summed E-state index contributed by atoms with van der Waals surface area (Å²) in [6, 6.07) is 12.0. The van der Waals surface area contributed by atoms with E-state index in [0.29, 0.717) is 31.4 Å². The third kappa shape index (κ3) is 3.85. The number of carbonyl (C=O) groups is 1. The Kier molecular flexibility index (Phi) is 5.28. The smallest absolute Gasteiger partial charge is 0.352 e. The molecule has 1 saturated heterocycles. The number of rotatable bonds is 5. The van der Waals surface area contributed by atoms with Crippen molar-refractivity contribution < 1.29 is 14.6 Å². The summed E-state index contributed by atoms with van der Waals surface area (Å²) in [5.74, 6) is 0.289. The number of aromatic nitrogens is 2. The molecule has 1 aliphatic rings. The van der Waals surface area contributed by atoms with Crippen molar-refractivity contribution >= 4 is 22.7 Å². The fourth-order valence-corrected chi connectivity index (χ4v) is 4.07. The lowest BCUT2D eigenvalue weighted by molar-refractivity contribution is 0.0686. The molecule has 0 radical (unpaired) electrons. The lowest BCUT2D eigenvalue weighted by atomic mass is 9.98. The molecular formula is C23H27N3O3. The zero-order chi connectivity index (χ0) is 20.5. The Labute approximate surface area is 170 Å². The average Bonchev–Trinajstić information content (AvgIpc) is 3.06. The number of carboxylic acid groups (broad SMARTS) is 1. The molecule has 152 valence electrons. The first-order valence-corrected chi connectivity index (χ1v) is 10.1. The number of fused-ring (bicyclic) bond motifs is 1. The Hall–Kier alpha value is -2.86. The van der Waals surface area contributed by atoms with Crippen LogP contribution in [0.15, 0.2) is 36.4 Å². The van der Waals surface area contributed by atoms with E-state index < -0.39 is 5.97 Å². The number of anilines is 1. The van der Waals surface area contributed by atoms with Gasteiger partial charge in [0, 0.05) is 18.5 Å². The summed E-state index contributed by atoms with van der Waals surface area (Å²) in [6.45, 7) is 9.80. The number of benzene rings is 1. The molecule has 0 amide bonds. The molecule has 1 aliphatic heterocycles. The van der Waals surface area contributed by atoms with Crippen molar-refractivity contribution in [2.45, 2.75) is 33.2 Å². The van der Waals surface area contributed by atoms with E-state index in [1.165, 1.54) is 0 Å². The molecule has 2 aromatic heterocycles. The number of carboxylic acids is 1. The molecule has 29 heavy (non-hydrogen) atoms. The highest BCUT2D eigenvalue weighted by Gasteiger charge is 2.20. The van der Waals surface area contributed by atoms with Crippen LogP contribution in [0.5, 0.6) is 0 Å². The van der Waals surface area contributed by atoms with Gasteiger partial charge in [0.1, 0.15) is 11.5 Å². The fraction of sp³-hybridized carbons (Fsp3) is 0.391. The van der Waals surface area contributed by atoms with Crippen LogP contribution in [0.2, 0.25) is 0 Å². The summed E-state index contributed by atoms with van der Waals surface area (Å²) in [7, 11) is 0. The molecule has 0 saturated carbocycles. The van der Waals surface area contributed by atoms with E-state index >= 15 is 0 Å². The second-order valence-electron chi connectivity index (χ2n) is 7.95. The van der Waals surface area contributed by atoms with Gasteiger partial charge in [-0.15, -0.1) is 0 Å². The molecule has 1 N–H and O–H groups in total. The molecule has 6 nitrogen and oxygen atoms in total. The minimum atomic E-state index is -0.919. The average molecular weight is 393 g/mol. The van der Waals surface area contributed by atoms with Gasteiger partial charge < -0.3 is 19.3 Å². The third-order valence-corrected chi connectivity index (χ3v) is 5.45. The first-order valence-electron chi connectivity index (χ1n) is 10.1. The zero-order valence-corrected chi connectivity index (χ0v) is 17.2. The molecule has 0 unspecified atom stereocenters. The Morgan fingerprint density at radius 2 is 1.97 bits per heavy atom. The van der Waals surface area contributed by atoms with Crippen molar-refractivity contribution in [3.8, 4) is 0 Å². The predicted octanol–water partition coefficient (Wildman–Crippen LogP) is 4.05. The molecule has 6 heteroatoms. The highest BCUT2D eigenvalue weighted by molar-refractivity contribution is 5.96. The van der Waals surface area contributed by atoms with Gasteiger partial charge in [0.2, 0.25) is 0 Å². The van der Waals surface area contributed by atoms with E-state index in [9.17, 15) is 9.90 Å². The van der Waals surface area contributed by atoms with Gasteiger partial charge >= 0.3 is 5.97 Å². The Balaban J connectivity index is 1.79. The number of nitrogens with zero attached hydrogens (tertiary/aromatic N) is 3. The third-order valence-electron chi connectivity index (χ3n) is 5.45. The van der Waals surface area contributed by atoms with E-state index in [1.54, 1.807) is 6.07 Å². The maximum absolute atomic E-state index is 12.0. The van der Waals surface area contributed by atoms with Crippen LogP contribution in [-0.2, 0) is 11.3 Å². The maximum atomic E-state index is 12.0. The van der Waals surface area contributed by atoms with Crippen molar-refractivity contribution in [3.63, 3.8) is 0 Å². The highest BCUT2D eigenvalue weighted by atomic mass is 16.5. The molecule has 3 heterocycles. The minimum Gasteiger partial charge on any atom is -0.477 e. The zero-order valence-electron chi connectivity index (χ0n) is 17.2. The Bertz CT molecular complexity index is 1050. The topological polar surface area (TPSA) is 67.6 Å². The molecule has 4 rings (SSSR count). The Morgan fingerprint density at radius 3 is 2.66 bits per heavy atom. The van der Waals surface area contributed by atoms with E-state index in [2.05, 4.69) is 37.8 Å². The second-order valence-corrected chi connectivity index (χ2v) is 7.95. The predicted molar refractivity (Wildman–Crippen MR) is 114 cm³/mol. The van der Waals surface area contributed by atoms with Crippen molar-refractivity contribution in [3.05, 3.63) is 58.9 Å². The van der Waals surface area contributed by atoms with Crippen LogP contribution in [0.1, 0.15) is 47.1 Å². The van der Waals surface area contributed by atoms with Crippen LogP contribution in [0.3, 0.4) is 0 Å². The quantitative estimate of drug-likeness (QED) is 0.708. The molecule has 0 spiro atoms. The second kappa shape index (κ2) is 7.87. The van der Waals surface area contributed by atoms with Crippen LogP contribution in [0.25, 0.3) is 10.9 Å². The lowest BCUT2D eigenvalue weighted by Crippen LogP contribution is -2.36. The molecule has 0 bridgehead atoms. The number of morpholine rings is 1. The number of pyridine rings is 1. The van der Waals surface area contributed by atoms with Crippen LogP contribution in [0.4, 0.5) is 5.82 Å². The monoisotopic (exact) mass is 393 g/mol. The standard InChI is InChI=1S/C23H27N3O3/c1-15(2)19-12-16(3)11-17-13-20(23(27)28)26(22(17)19)14-18-5-4-6-21(24-18)25-7-9-29-10-8-25/h4-6,11-13,15H,7-10,14H2,1-3H3,(H,27,28). The minimum absolute atomic E-state index is 0.292. The van der Waals surface area contributed by atoms with E-state index in [-0.39, 0.29) is 0 Å². The maximum Gasteiger partial charge on any atom is 0.352 e. The van der Waals surface area contributed by atoms with Crippen molar-refractivity contribution in [2.24, 2.45) is 0 Å². The van der Waals surface area contributed by atoms with Crippen molar-refractivity contribution in [2.75, 3.05) is 31.2 Å². The van der Waals surface area contributed by atoms with E-state index in [0.717, 1.165) is 46.6 Å². The number of aryl methyl sites for hydroxylation is 1. The van der Waals surface area contributed by atoms with E-state index in [4.69, 9.17) is 9.72 Å². The first-order chi connectivity index (χ1) is 13.9. The van der Waals surface area contributed by atoms with Crippen LogP contribution >= 0.6 is 0 Å². The largest absolute Gasteiger partial charge is 0.477 e. The summed E-state index contributed by atoms with van der Waals surface area (Å²) in [5.41, 5.74) is 4.44. The van der Waals surface area contributed by atoms with Gasteiger partial charge in [-0.2, -0.15) is 0 Å². The lowest BCUT2D eigenvalue weighted by Gasteiger charge is -2.28. The van der Waals surface area contributed by atoms with Gasteiger partial charge in [-0.05, 0) is 42.7 Å². The molecule has 0 atom stereocenters. The molecule has 3 aromatic rings. The normalized spacial score (nSPS) is 14.7. The number of aromatic carboxylic acids is 1. The summed E-state index contributed by atoms with van der Waals surface area (Å²) in [4.78, 5) is 19.0. The van der Waals surface area contributed by atoms with Gasteiger partial charge in [0.05, 0.1) is 31.0 Å². The molecule has 0 aliphatic carbocycles. The van der Waals surface area contributed by atoms with Gasteiger partial charge in [-0.1, -0.05) is 31.5 Å². The van der Waals surface area contributed by atoms with Crippen molar-refractivity contribution in [1.82, 2.24) is 9.55 Å². The van der Waals surface area contributed by atoms with Gasteiger partial charge in [0.15, 0.2) is 0 Å². The van der Waals surface area contributed by atoms with Crippen LogP contribution in [-0.4, -0.2) is 46.9 Å². The Morgan fingerprint density at radius 1 is 1.21 bits per heavy atom. The molecular weight excluding hydrogens is 366 g/mol. The molecule has 1 fully saturated rings. The fourth-order valence-electron chi connectivity index (χ4n) is 4.07. The van der Waals surface area contributed by atoms with Crippen molar-refractivity contribution in [1.29, 1.82) is 0 Å². The van der Waals surface area contributed by atoms with Crippen LogP contribution < -0.4 is 4.90 Å². The molecule has 1 aromatic carbocycles.